The quantitative estimate of drug-likeness (QED) is 0.386. The molecule has 1 aliphatic rings. The minimum Gasteiger partial charge on any atom is -0.446 e. The van der Waals surface area contributed by atoms with Gasteiger partial charge in [-0.2, -0.15) is 0 Å². The summed E-state index contributed by atoms with van der Waals surface area (Å²) in [5.74, 6) is 0. The Morgan fingerprint density at radius 1 is 1.77 bits per heavy atom. The maximum absolute atomic E-state index is 10.4. The molecule has 2 atom stereocenters. The topological polar surface area (TPSA) is 110 Å². The van der Waals surface area contributed by atoms with Gasteiger partial charge in [0.25, 0.3) is 0 Å². The summed E-state index contributed by atoms with van der Waals surface area (Å²) in [6.07, 6.45) is -0.806. The van der Waals surface area contributed by atoms with Crippen LogP contribution in [0.1, 0.15) is 6.42 Å². The first kappa shape index (κ1) is 9.63. The van der Waals surface area contributed by atoms with Crippen molar-refractivity contribution in [2.24, 2.45) is 10.8 Å². The third-order valence-electron chi connectivity index (χ3n) is 1.73. The Labute approximate surface area is 74.4 Å². The normalized spacial score (nSPS) is 27.4. The van der Waals surface area contributed by atoms with E-state index in [0.29, 0.717) is 13.0 Å². The molecule has 1 aliphatic heterocycles. The number of nitrogens with two attached hydrogens (primary N) is 1. The van der Waals surface area contributed by atoms with E-state index in [-0.39, 0.29) is 6.61 Å². The third-order valence-corrected chi connectivity index (χ3v) is 1.73. The van der Waals surface area contributed by atoms with E-state index in [0.717, 1.165) is 0 Å². The Kier molecular flexibility index (Phi) is 3.36. The number of ether oxygens (including phenoxy) is 2. The summed E-state index contributed by atoms with van der Waals surface area (Å²) in [5.41, 5.74) is 13.0. The summed E-state index contributed by atoms with van der Waals surface area (Å²) < 4.78 is 9.80. The zero-order valence-corrected chi connectivity index (χ0v) is 6.92. The molecular weight excluding hydrogens is 176 g/mol. The van der Waals surface area contributed by atoms with Gasteiger partial charge in [-0.25, -0.2) is 4.79 Å². The molecule has 1 saturated heterocycles. The molecule has 1 amide bonds. The zero-order valence-electron chi connectivity index (χ0n) is 6.92. The SMILES string of the molecule is [N-]=[N+]=N[C@H]1COCC[C@@H]1OC(N)=O. The van der Waals surface area contributed by atoms with E-state index in [4.69, 9.17) is 20.7 Å². The Morgan fingerprint density at radius 2 is 2.54 bits per heavy atom. The summed E-state index contributed by atoms with van der Waals surface area (Å²) >= 11 is 0. The second-order valence-electron chi connectivity index (χ2n) is 2.61. The largest absolute Gasteiger partial charge is 0.446 e. The average Bonchev–Trinajstić information content (AvgIpc) is 2.08. The van der Waals surface area contributed by atoms with Crippen molar-refractivity contribution in [1.82, 2.24) is 0 Å². The Hall–Kier alpha value is -1.46. The van der Waals surface area contributed by atoms with Crippen molar-refractivity contribution in [3.63, 3.8) is 0 Å². The van der Waals surface area contributed by atoms with Crippen LogP contribution in [-0.2, 0) is 9.47 Å². The molecule has 2 N–H and O–H groups in total. The number of azide groups is 1. The summed E-state index contributed by atoms with van der Waals surface area (Å²) in [6.45, 7) is 0.747. The molecule has 72 valence electrons. The van der Waals surface area contributed by atoms with Crippen LogP contribution in [0, 0.1) is 0 Å². The van der Waals surface area contributed by atoms with Crippen LogP contribution in [0.3, 0.4) is 0 Å². The average molecular weight is 186 g/mol. The highest BCUT2D eigenvalue weighted by atomic mass is 16.6. The van der Waals surface area contributed by atoms with Crippen LogP contribution in [0.4, 0.5) is 4.79 Å². The molecular formula is C6H10N4O3. The number of hydrogen-bond donors (Lipinski definition) is 1. The van der Waals surface area contributed by atoms with Gasteiger partial charge in [0.1, 0.15) is 6.10 Å². The predicted octanol–water partition coefficient (Wildman–Crippen LogP) is 0.550. The van der Waals surface area contributed by atoms with Crippen LogP contribution in [0.5, 0.6) is 0 Å². The highest BCUT2D eigenvalue weighted by Crippen LogP contribution is 2.14. The highest BCUT2D eigenvalue weighted by molar-refractivity contribution is 5.64. The maximum atomic E-state index is 10.4. The number of amides is 1. The van der Waals surface area contributed by atoms with E-state index < -0.39 is 18.2 Å². The Morgan fingerprint density at radius 3 is 3.15 bits per heavy atom. The van der Waals surface area contributed by atoms with Crippen LogP contribution in [-0.4, -0.2) is 31.5 Å². The molecule has 0 saturated carbocycles. The van der Waals surface area contributed by atoms with Gasteiger partial charge in [-0.3, -0.25) is 0 Å². The van der Waals surface area contributed by atoms with Crippen molar-refractivity contribution in [2.45, 2.75) is 18.6 Å². The highest BCUT2D eigenvalue weighted by Gasteiger charge is 2.27. The number of rotatable bonds is 2. The molecule has 13 heavy (non-hydrogen) atoms. The van der Waals surface area contributed by atoms with Crippen molar-refractivity contribution in [2.75, 3.05) is 13.2 Å². The van der Waals surface area contributed by atoms with Gasteiger partial charge in [0, 0.05) is 11.3 Å². The van der Waals surface area contributed by atoms with Crippen LogP contribution in [0.25, 0.3) is 10.4 Å². The van der Waals surface area contributed by atoms with E-state index >= 15 is 0 Å². The number of nitrogens with zero attached hydrogens (tertiary/aromatic N) is 3. The van der Waals surface area contributed by atoms with Crippen molar-refractivity contribution in [3.05, 3.63) is 10.4 Å². The van der Waals surface area contributed by atoms with E-state index in [1.807, 2.05) is 0 Å². The Balaban J connectivity index is 2.55. The van der Waals surface area contributed by atoms with Crippen molar-refractivity contribution in [1.29, 1.82) is 0 Å². The van der Waals surface area contributed by atoms with E-state index in [2.05, 4.69) is 10.0 Å². The van der Waals surface area contributed by atoms with Gasteiger partial charge in [-0.1, -0.05) is 5.11 Å². The smallest absolute Gasteiger partial charge is 0.404 e. The first-order valence-corrected chi connectivity index (χ1v) is 3.82. The van der Waals surface area contributed by atoms with Gasteiger partial charge < -0.3 is 15.2 Å². The lowest BCUT2D eigenvalue weighted by Gasteiger charge is -2.27. The second-order valence-corrected chi connectivity index (χ2v) is 2.61. The van der Waals surface area contributed by atoms with E-state index in [1.54, 1.807) is 0 Å². The minimum atomic E-state index is -0.856. The van der Waals surface area contributed by atoms with Gasteiger partial charge in [0.15, 0.2) is 0 Å². The maximum Gasteiger partial charge on any atom is 0.404 e. The second kappa shape index (κ2) is 4.54. The molecule has 0 unspecified atom stereocenters. The number of primary amides is 1. The standard InChI is InChI=1S/C6H10N4O3/c7-6(11)13-5-1-2-12-3-4(5)9-10-8/h4-5H,1-3H2,(H2,7,11)/t4-,5-/m0/s1. The molecule has 0 bridgehead atoms. The molecule has 0 aromatic heterocycles. The first-order valence-electron chi connectivity index (χ1n) is 3.82. The molecule has 1 fully saturated rings. The molecule has 1 heterocycles. The van der Waals surface area contributed by atoms with Gasteiger partial charge in [0.2, 0.25) is 0 Å². The lowest BCUT2D eigenvalue weighted by Crippen LogP contribution is -2.39. The summed E-state index contributed by atoms with van der Waals surface area (Å²) in [6, 6.07) is -0.466. The Bertz CT molecular complexity index is 238. The fourth-order valence-electron chi connectivity index (χ4n) is 1.16. The molecule has 0 aliphatic carbocycles. The number of carbonyl (C=O) groups excluding carboxylic acids is 1. The molecule has 0 aromatic carbocycles. The lowest BCUT2D eigenvalue weighted by molar-refractivity contribution is -0.0108. The molecule has 0 aromatic rings. The first-order chi connectivity index (χ1) is 6.24. The zero-order chi connectivity index (χ0) is 9.68. The number of hydrogen-bond acceptors (Lipinski definition) is 4. The van der Waals surface area contributed by atoms with E-state index in [9.17, 15) is 4.79 Å². The number of carbonyl (C=O) groups is 1. The molecule has 0 spiro atoms. The molecule has 1 rings (SSSR count). The van der Waals surface area contributed by atoms with Crippen molar-refractivity contribution in [3.8, 4) is 0 Å². The van der Waals surface area contributed by atoms with Gasteiger partial charge >= 0.3 is 6.09 Å². The van der Waals surface area contributed by atoms with Crippen LogP contribution >= 0.6 is 0 Å². The van der Waals surface area contributed by atoms with Crippen LogP contribution in [0.15, 0.2) is 5.11 Å². The van der Waals surface area contributed by atoms with Crippen molar-refractivity contribution >= 4 is 6.09 Å². The lowest BCUT2D eigenvalue weighted by atomic mass is 10.1. The third kappa shape index (κ3) is 2.81. The summed E-state index contributed by atoms with van der Waals surface area (Å²) in [4.78, 5) is 13.1. The summed E-state index contributed by atoms with van der Waals surface area (Å²) in [7, 11) is 0. The van der Waals surface area contributed by atoms with Gasteiger partial charge in [0.05, 0.1) is 19.3 Å². The molecule has 0 radical (unpaired) electrons. The fourth-order valence-corrected chi connectivity index (χ4v) is 1.16. The van der Waals surface area contributed by atoms with E-state index in [1.165, 1.54) is 0 Å². The van der Waals surface area contributed by atoms with Crippen LogP contribution in [0.2, 0.25) is 0 Å². The van der Waals surface area contributed by atoms with Gasteiger partial charge in [-0.05, 0) is 5.53 Å². The summed E-state index contributed by atoms with van der Waals surface area (Å²) in [5, 5.41) is 3.44. The van der Waals surface area contributed by atoms with Crippen molar-refractivity contribution < 1.29 is 14.3 Å². The minimum absolute atomic E-state index is 0.266. The predicted molar refractivity (Wildman–Crippen MR) is 42.8 cm³/mol. The molecule has 7 heteroatoms. The van der Waals surface area contributed by atoms with Gasteiger partial charge in [-0.15, -0.1) is 0 Å². The monoisotopic (exact) mass is 186 g/mol. The fraction of sp³-hybridized carbons (Fsp3) is 0.833. The molecule has 7 nitrogen and oxygen atoms in total. The van der Waals surface area contributed by atoms with Crippen LogP contribution < -0.4 is 5.73 Å².